The van der Waals surface area contributed by atoms with Crippen molar-refractivity contribution in [3.05, 3.63) is 150 Å². The number of benzene rings is 5. The third-order valence-electron chi connectivity index (χ3n) is 8.16. The summed E-state index contributed by atoms with van der Waals surface area (Å²) in [6.07, 6.45) is -0.299. The molecule has 1 aliphatic heterocycles. The Kier molecular flexibility index (Phi) is 11.3. The van der Waals surface area contributed by atoms with Gasteiger partial charge in [-0.25, -0.2) is 13.1 Å². The number of sulfonamides is 1. The fourth-order valence-corrected chi connectivity index (χ4v) is 7.60. The van der Waals surface area contributed by atoms with Crippen LogP contribution in [-0.2, 0) is 37.4 Å². The van der Waals surface area contributed by atoms with Crippen molar-refractivity contribution in [3.63, 3.8) is 0 Å². The number of ether oxygens (including phenoxy) is 2. The fourth-order valence-electron chi connectivity index (χ4n) is 5.64. The second-order valence-electron chi connectivity index (χ2n) is 11.8. The zero-order valence-corrected chi connectivity index (χ0v) is 28.6. The molecule has 0 bridgehead atoms. The molecule has 0 spiro atoms. The Hall–Kier alpha value is -4.29. The van der Waals surface area contributed by atoms with Gasteiger partial charge in [-0.15, -0.1) is 11.8 Å². The average Bonchev–Trinajstić information content (AvgIpc) is 3.14. The Morgan fingerprint density at radius 2 is 1.51 bits per heavy atom. The van der Waals surface area contributed by atoms with Gasteiger partial charge in [-0.1, -0.05) is 78.9 Å². The molecule has 8 nitrogen and oxygen atoms in total. The molecule has 3 atom stereocenters. The van der Waals surface area contributed by atoms with Gasteiger partial charge in [0.25, 0.3) is 0 Å². The molecule has 1 amide bonds. The van der Waals surface area contributed by atoms with Gasteiger partial charge >= 0.3 is 0 Å². The van der Waals surface area contributed by atoms with E-state index in [1.54, 1.807) is 42.1 Å². The predicted octanol–water partition coefficient (Wildman–Crippen LogP) is 7.62. The topological polar surface area (TPSA) is 114 Å². The van der Waals surface area contributed by atoms with Crippen molar-refractivity contribution in [2.24, 2.45) is 0 Å². The van der Waals surface area contributed by atoms with Gasteiger partial charge in [-0.3, -0.25) is 4.79 Å². The average molecular weight is 695 g/mol. The lowest BCUT2D eigenvalue weighted by atomic mass is 9.99. The quantitative estimate of drug-likeness (QED) is 0.115. The second kappa shape index (κ2) is 15.9. The van der Waals surface area contributed by atoms with Gasteiger partial charge in [0.05, 0.1) is 23.7 Å². The number of carbonyl (C=O) groups excluding carboxylic acids is 1. The summed E-state index contributed by atoms with van der Waals surface area (Å²) in [4.78, 5) is 12.7. The number of aliphatic hydroxyl groups is 1. The second-order valence-corrected chi connectivity index (χ2v) is 14.7. The van der Waals surface area contributed by atoms with Crippen molar-refractivity contribution in [1.29, 1.82) is 0 Å². The smallest absolute Gasteiger partial charge is 0.240 e. The molecule has 10 heteroatoms. The van der Waals surface area contributed by atoms with Crippen LogP contribution >= 0.6 is 11.8 Å². The van der Waals surface area contributed by atoms with Crippen LogP contribution in [0.3, 0.4) is 0 Å². The van der Waals surface area contributed by atoms with Crippen LogP contribution < -0.4 is 10.0 Å². The molecule has 1 fully saturated rings. The predicted molar refractivity (Wildman–Crippen MR) is 192 cm³/mol. The van der Waals surface area contributed by atoms with Crippen LogP contribution in [0.5, 0.6) is 0 Å². The van der Waals surface area contributed by atoms with Crippen LogP contribution in [0.15, 0.2) is 137 Å². The van der Waals surface area contributed by atoms with E-state index in [1.807, 2.05) is 91.0 Å². The Bertz CT molecular complexity index is 1970. The number of nitrogens with one attached hydrogen (secondary N) is 2. The Morgan fingerprint density at radius 1 is 0.796 bits per heavy atom. The lowest BCUT2D eigenvalue weighted by Crippen LogP contribution is -2.31. The molecule has 0 radical (unpaired) electrons. The number of rotatable bonds is 12. The molecule has 49 heavy (non-hydrogen) atoms. The van der Waals surface area contributed by atoms with Crippen LogP contribution in [0.25, 0.3) is 11.1 Å². The number of thioether (sulfide) groups is 1. The van der Waals surface area contributed by atoms with E-state index in [1.165, 1.54) is 6.92 Å². The Labute approximate surface area is 291 Å². The van der Waals surface area contributed by atoms with Crippen LogP contribution in [0.1, 0.15) is 48.0 Å². The largest absolute Gasteiger partial charge is 0.392 e. The van der Waals surface area contributed by atoms with E-state index in [2.05, 4.69) is 16.1 Å². The summed E-state index contributed by atoms with van der Waals surface area (Å²) in [7, 11) is -3.64. The van der Waals surface area contributed by atoms with E-state index in [9.17, 15) is 18.3 Å². The summed E-state index contributed by atoms with van der Waals surface area (Å²) in [5.41, 5.74) is 6.22. The highest BCUT2D eigenvalue weighted by Gasteiger charge is 2.32. The molecular formula is C39H38N2O6S2. The van der Waals surface area contributed by atoms with Gasteiger partial charge in [0.15, 0.2) is 6.29 Å². The van der Waals surface area contributed by atoms with Crippen molar-refractivity contribution >= 4 is 33.4 Å². The molecule has 1 aliphatic rings. The standard InChI is InChI=1S/C39H38N2O6S2/c1-27(43)41-34-17-19-36(20-18-34)48-26-35-23-38(30-15-13-28(25-42)14-16-30)47-39(46-35)33-10-6-9-32(22-33)31-8-5-7-29(21-31)24-40-49(44,45)37-11-3-2-4-12-37/h2-22,35,38-40,42H,23-26H2,1H3,(H,41,43). The molecule has 0 aliphatic carbocycles. The third kappa shape index (κ3) is 9.24. The van der Waals surface area contributed by atoms with Gasteiger partial charge in [0, 0.05) is 41.8 Å². The van der Waals surface area contributed by atoms with E-state index in [-0.39, 0.29) is 36.2 Å². The Balaban J connectivity index is 1.19. The highest BCUT2D eigenvalue weighted by molar-refractivity contribution is 7.99. The normalized spacial score (nSPS) is 17.8. The summed E-state index contributed by atoms with van der Waals surface area (Å²) in [6, 6.07) is 39.8. The van der Waals surface area contributed by atoms with Crippen molar-refractivity contribution in [3.8, 4) is 11.1 Å². The molecule has 1 heterocycles. The number of hydrogen-bond donors (Lipinski definition) is 3. The molecule has 5 aromatic carbocycles. The lowest BCUT2D eigenvalue weighted by Gasteiger charge is -2.36. The molecule has 6 rings (SSSR count). The summed E-state index contributed by atoms with van der Waals surface area (Å²) in [5, 5.41) is 12.4. The van der Waals surface area contributed by atoms with Crippen molar-refractivity contribution < 1.29 is 27.8 Å². The minimum Gasteiger partial charge on any atom is -0.392 e. The monoisotopic (exact) mass is 694 g/mol. The van der Waals surface area contributed by atoms with E-state index >= 15 is 0 Å². The molecule has 252 valence electrons. The minimum absolute atomic E-state index is 0.0234. The molecule has 5 aromatic rings. The SMILES string of the molecule is CC(=O)Nc1ccc(SCC2CC(c3ccc(CO)cc3)OC(c3cccc(-c4cccc(CNS(=O)(=O)c5ccccc5)c4)c3)O2)cc1. The van der Waals surface area contributed by atoms with Gasteiger partial charge in [-0.2, -0.15) is 0 Å². The third-order valence-corrected chi connectivity index (χ3v) is 10.7. The van der Waals surface area contributed by atoms with Gasteiger partial charge in [0.2, 0.25) is 15.9 Å². The van der Waals surface area contributed by atoms with Crippen LogP contribution in [-0.4, -0.2) is 31.3 Å². The Morgan fingerprint density at radius 3 is 2.22 bits per heavy atom. The lowest BCUT2D eigenvalue weighted by molar-refractivity contribution is -0.245. The minimum atomic E-state index is -3.64. The maximum absolute atomic E-state index is 12.8. The molecule has 3 N–H and O–H groups in total. The first-order valence-corrected chi connectivity index (χ1v) is 18.5. The molecular weight excluding hydrogens is 657 g/mol. The summed E-state index contributed by atoms with van der Waals surface area (Å²) in [6.45, 7) is 1.62. The van der Waals surface area contributed by atoms with Crippen molar-refractivity contribution in [1.82, 2.24) is 4.72 Å². The first kappa shape index (κ1) is 34.6. The maximum atomic E-state index is 12.8. The van der Waals surface area contributed by atoms with Crippen molar-refractivity contribution in [2.75, 3.05) is 11.1 Å². The molecule has 3 unspecified atom stereocenters. The van der Waals surface area contributed by atoms with Crippen LogP contribution in [0.2, 0.25) is 0 Å². The highest BCUT2D eigenvalue weighted by atomic mass is 32.2. The van der Waals surface area contributed by atoms with E-state index in [4.69, 9.17) is 9.47 Å². The fraction of sp³-hybridized carbons (Fsp3) is 0.205. The van der Waals surface area contributed by atoms with Crippen LogP contribution in [0.4, 0.5) is 5.69 Å². The number of aliphatic hydroxyl groups excluding tert-OH is 1. The summed E-state index contributed by atoms with van der Waals surface area (Å²) >= 11 is 1.69. The number of anilines is 1. The van der Waals surface area contributed by atoms with E-state index < -0.39 is 16.3 Å². The highest BCUT2D eigenvalue weighted by Crippen LogP contribution is 2.40. The first-order chi connectivity index (χ1) is 23.8. The molecule has 0 saturated carbocycles. The zero-order chi connectivity index (χ0) is 34.2. The number of amides is 1. The van der Waals surface area contributed by atoms with E-state index in [0.29, 0.717) is 12.2 Å². The van der Waals surface area contributed by atoms with Gasteiger partial charge in [-0.05, 0) is 76.3 Å². The molecule has 1 saturated heterocycles. The maximum Gasteiger partial charge on any atom is 0.240 e. The van der Waals surface area contributed by atoms with E-state index in [0.717, 1.165) is 44.0 Å². The van der Waals surface area contributed by atoms with Crippen molar-refractivity contribution in [2.45, 2.75) is 54.8 Å². The van der Waals surface area contributed by atoms with Gasteiger partial charge < -0.3 is 19.9 Å². The first-order valence-electron chi connectivity index (χ1n) is 16.0. The number of hydrogen-bond acceptors (Lipinski definition) is 7. The summed E-state index contributed by atoms with van der Waals surface area (Å²) in [5.74, 6) is 0.591. The van der Waals surface area contributed by atoms with Gasteiger partial charge in [0.1, 0.15) is 0 Å². The molecule has 0 aromatic heterocycles. The summed E-state index contributed by atoms with van der Waals surface area (Å²) < 4.78 is 41.4. The number of carbonyl (C=O) groups is 1. The van der Waals surface area contributed by atoms with Crippen LogP contribution in [0, 0.1) is 0 Å². The zero-order valence-electron chi connectivity index (χ0n) is 27.0.